The van der Waals surface area contributed by atoms with Crippen LogP contribution >= 0.6 is 0 Å². The van der Waals surface area contributed by atoms with Crippen LogP contribution in [0.4, 0.5) is 0 Å². The van der Waals surface area contributed by atoms with Crippen LogP contribution in [0.15, 0.2) is 0 Å². The van der Waals surface area contributed by atoms with Gasteiger partial charge in [0.15, 0.2) is 0 Å². The van der Waals surface area contributed by atoms with Crippen molar-refractivity contribution in [2.24, 2.45) is 17.3 Å². The second-order valence-corrected chi connectivity index (χ2v) is 6.66. The summed E-state index contributed by atoms with van der Waals surface area (Å²) in [6.07, 6.45) is 5.53. The molecule has 1 heterocycles. The van der Waals surface area contributed by atoms with Gasteiger partial charge in [0, 0.05) is 6.54 Å². The van der Waals surface area contributed by atoms with E-state index in [-0.39, 0.29) is 0 Å². The number of rotatable bonds is 7. The molecule has 1 fully saturated rings. The largest absolute Gasteiger partial charge is 0.317 e. The molecular formula is C15H32N2. The number of hydrogen-bond acceptors (Lipinski definition) is 2. The minimum absolute atomic E-state index is 0.425. The van der Waals surface area contributed by atoms with Crippen LogP contribution in [-0.4, -0.2) is 26.2 Å². The van der Waals surface area contributed by atoms with E-state index in [0.717, 1.165) is 18.4 Å². The van der Waals surface area contributed by atoms with E-state index >= 15 is 0 Å². The summed E-state index contributed by atoms with van der Waals surface area (Å²) in [4.78, 5) is 0. The highest BCUT2D eigenvalue weighted by Gasteiger charge is 2.21. The average molecular weight is 240 g/mol. The zero-order chi connectivity index (χ0) is 12.7. The van der Waals surface area contributed by atoms with Crippen LogP contribution in [0.25, 0.3) is 0 Å². The maximum Gasteiger partial charge on any atom is 0.000496 e. The molecule has 17 heavy (non-hydrogen) atoms. The Morgan fingerprint density at radius 3 is 2.47 bits per heavy atom. The first-order valence-electron chi connectivity index (χ1n) is 7.44. The Balaban J connectivity index is 2.00. The Kier molecular flexibility index (Phi) is 6.50. The fraction of sp³-hybridized carbons (Fsp3) is 1.00. The monoisotopic (exact) mass is 240 g/mol. The fourth-order valence-corrected chi connectivity index (χ4v) is 2.30. The highest BCUT2D eigenvalue weighted by molar-refractivity contribution is 4.75. The predicted octanol–water partition coefficient (Wildman–Crippen LogP) is 3.04. The van der Waals surface area contributed by atoms with Gasteiger partial charge in [-0.3, -0.25) is 0 Å². The van der Waals surface area contributed by atoms with Gasteiger partial charge in [-0.1, -0.05) is 27.7 Å². The first-order valence-corrected chi connectivity index (χ1v) is 7.44. The first kappa shape index (κ1) is 15.0. The molecule has 0 radical (unpaired) electrons. The van der Waals surface area contributed by atoms with Crippen molar-refractivity contribution in [3.63, 3.8) is 0 Å². The van der Waals surface area contributed by atoms with E-state index in [1.54, 1.807) is 0 Å². The Morgan fingerprint density at radius 1 is 1.24 bits per heavy atom. The second-order valence-electron chi connectivity index (χ2n) is 6.66. The number of piperidine rings is 1. The van der Waals surface area contributed by atoms with Crippen molar-refractivity contribution in [3.8, 4) is 0 Å². The zero-order valence-electron chi connectivity index (χ0n) is 12.3. The third-order valence-corrected chi connectivity index (χ3v) is 4.57. The lowest BCUT2D eigenvalue weighted by Crippen LogP contribution is -2.34. The van der Waals surface area contributed by atoms with E-state index in [1.807, 2.05) is 0 Å². The van der Waals surface area contributed by atoms with Crippen molar-refractivity contribution in [2.75, 3.05) is 26.2 Å². The Labute approximate surface area is 108 Å². The maximum atomic E-state index is 3.63. The van der Waals surface area contributed by atoms with Gasteiger partial charge in [0.05, 0.1) is 0 Å². The molecular weight excluding hydrogens is 208 g/mol. The van der Waals surface area contributed by atoms with Gasteiger partial charge in [-0.05, 0) is 62.6 Å². The molecule has 102 valence electrons. The molecule has 2 nitrogen and oxygen atoms in total. The van der Waals surface area contributed by atoms with E-state index in [0.29, 0.717) is 5.41 Å². The highest BCUT2D eigenvalue weighted by Crippen LogP contribution is 2.24. The van der Waals surface area contributed by atoms with Gasteiger partial charge >= 0.3 is 0 Å². The molecule has 0 saturated carbocycles. The molecule has 1 rings (SSSR count). The van der Waals surface area contributed by atoms with Crippen LogP contribution in [0.5, 0.6) is 0 Å². The molecule has 0 aromatic carbocycles. The van der Waals surface area contributed by atoms with Crippen molar-refractivity contribution in [2.45, 2.75) is 53.4 Å². The van der Waals surface area contributed by atoms with Gasteiger partial charge < -0.3 is 10.6 Å². The minimum Gasteiger partial charge on any atom is -0.317 e. The summed E-state index contributed by atoms with van der Waals surface area (Å²) in [6.45, 7) is 14.2. The molecule has 0 unspecified atom stereocenters. The highest BCUT2D eigenvalue weighted by atomic mass is 14.9. The standard InChI is InChI=1S/C15H32N2/c1-13(2)15(3,4)12-17-9-5-6-14-7-10-16-11-8-14/h13-14,16-17H,5-12H2,1-4H3. The molecule has 0 aromatic heterocycles. The molecule has 0 spiro atoms. The number of hydrogen-bond donors (Lipinski definition) is 2. The van der Waals surface area contributed by atoms with Gasteiger partial charge in [-0.25, -0.2) is 0 Å². The summed E-state index contributed by atoms with van der Waals surface area (Å²) in [6, 6.07) is 0. The molecule has 0 aromatic rings. The van der Waals surface area contributed by atoms with Crippen LogP contribution in [0.1, 0.15) is 53.4 Å². The van der Waals surface area contributed by atoms with Crippen molar-refractivity contribution in [3.05, 3.63) is 0 Å². The molecule has 1 saturated heterocycles. The van der Waals surface area contributed by atoms with E-state index in [1.165, 1.54) is 45.3 Å². The van der Waals surface area contributed by atoms with E-state index in [9.17, 15) is 0 Å². The van der Waals surface area contributed by atoms with Gasteiger partial charge in [0.1, 0.15) is 0 Å². The Hall–Kier alpha value is -0.0800. The van der Waals surface area contributed by atoms with Crippen molar-refractivity contribution >= 4 is 0 Å². The topological polar surface area (TPSA) is 24.1 Å². The fourth-order valence-electron chi connectivity index (χ4n) is 2.30. The molecule has 0 aliphatic carbocycles. The first-order chi connectivity index (χ1) is 8.02. The quantitative estimate of drug-likeness (QED) is 0.668. The second kappa shape index (κ2) is 7.38. The van der Waals surface area contributed by atoms with Gasteiger partial charge in [-0.15, -0.1) is 0 Å². The Bertz CT molecular complexity index is 193. The molecule has 2 heteroatoms. The molecule has 2 N–H and O–H groups in total. The third-order valence-electron chi connectivity index (χ3n) is 4.57. The Morgan fingerprint density at radius 2 is 1.88 bits per heavy atom. The maximum absolute atomic E-state index is 3.63. The SMILES string of the molecule is CC(C)C(C)(C)CNCCCC1CCNCC1. The molecule has 0 amide bonds. The molecule has 0 atom stereocenters. The van der Waals surface area contributed by atoms with Crippen molar-refractivity contribution in [1.29, 1.82) is 0 Å². The zero-order valence-corrected chi connectivity index (χ0v) is 12.3. The van der Waals surface area contributed by atoms with Crippen molar-refractivity contribution < 1.29 is 0 Å². The van der Waals surface area contributed by atoms with Crippen LogP contribution in [0, 0.1) is 17.3 Å². The molecule has 1 aliphatic rings. The van der Waals surface area contributed by atoms with Crippen LogP contribution in [-0.2, 0) is 0 Å². The summed E-state index contributed by atoms with van der Waals surface area (Å²) >= 11 is 0. The average Bonchev–Trinajstić information content (AvgIpc) is 2.29. The normalized spacial score (nSPS) is 18.9. The van der Waals surface area contributed by atoms with Crippen molar-refractivity contribution in [1.82, 2.24) is 10.6 Å². The lowest BCUT2D eigenvalue weighted by molar-refractivity contribution is 0.236. The minimum atomic E-state index is 0.425. The van der Waals surface area contributed by atoms with Gasteiger partial charge in [0.2, 0.25) is 0 Å². The van der Waals surface area contributed by atoms with E-state index in [4.69, 9.17) is 0 Å². The molecule has 1 aliphatic heterocycles. The third kappa shape index (κ3) is 5.87. The molecule has 0 bridgehead atoms. The summed E-state index contributed by atoms with van der Waals surface area (Å²) in [5.41, 5.74) is 0.425. The summed E-state index contributed by atoms with van der Waals surface area (Å²) in [5.74, 6) is 1.73. The van der Waals surface area contributed by atoms with Crippen LogP contribution in [0.3, 0.4) is 0 Å². The van der Waals surface area contributed by atoms with Gasteiger partial charge in [0.25, 0.3) is 0 Å². The van der Waals surface area contributed by atoms with E-state index in [2.05, 4.69) is 38.3 Å². The van der Waals surface area contributed by atoms with Crippen LogP contribution in [0.2, 0.25) is 0 Å². The summed E-state index contributed by atoms with van der Waals surface area (Å²) in [7, 11) is 0. The number of nitrogens with one attached hydrogen (secondary N) is 2. The van der Waals surface area contributed by atoms with Gasteiger partial charge in [-0.2, -0.15) is 0 Å². The smallest absolute Gasteiger partial charge is 0.000496 e. The van der Waals surface area contributed by atoms with E-state index < -0.39 is 0 Å². The van der Waals surface area contributed by atoms with Crippen LogP contribution < -0.4 is 10.6 Å². The lowest BCUT2D eigenvalue weighted by atomic mass is 9.81. The summed E-state index contributed by atoms with van der Waals surface area (Å²) in [5, 5.41) is 7.06. The summed E-state index contributed by atoms with van der Waals surface area (Å²) < 4.78 is 0. The lowest BCUT2D eigenvalue weighted by Gasteiger charge is -2.29. The predicted molar refractivity (Wildman–Crippen MR) is 76.3 cm³/mol.